The minimum atomic E-state index is -5.63. The van der Waals surface area contributed by atoms with Crippen molar-refractivity contribution in [3.05, 3.63) is 22.7 Å². The van der Waals surface area contributed by atoms with Gasteiger partial charge in [0, 0.05) is 18.4 Å². The molecule has 1 aromatic heterocycles. The molecule has 21 heteroatoms. The molecule has 1 aromatic rings. The van der Waals surface area contributed by atoms with Crippen LogP contribution in [0.1, 0.15) is 161 Å². The second kappa shape index (κ2) is 35.0. The molecule has 0 saturated carbocycles. The molecule has 16 nitrogen and oxygen atoms in total. The number of rotatable bonds is 35. The number of esters is 1. The van der Waals surface area contributed by atoms with Crippen molar-refractivity contribution in [1.29, 1.82) is 0 Å². The number of hydrogen-bond acceptors (Lipinski definition) is 16. The van der Waals surface area contributed by atoms with Crippen LogP contribution in [0.5, 0.6) is 0 Å². The summed E-state index contributed by atoms with van der Waals surface area (Å²) in [6.07, 6.45) is 18.3. The van der Waals surface area contributed by atoms with E-state index in [1.165, 1.54) is 114 Å². The summed E-state index contributed by atoms with van der Waals surface area (Å²) in [5.74, 6) is 0.419. The molecule has 1 fully saturated rings. The Kier molecular flexibility index (Phi) is 35.3. The second-order valence-electron chi connectivity index (χ2n) is 14.8. The summed E-state index contributed by atoms with van der Waals surface area (Å²) in [7, 11) is -11.2. The number of ether oxygens (including phenoxy) is 2. The molecule has 2 heterocycles. The number of nitrogen functional groups attached to an aromatic ring is 1. The van der Waals surface area contributed by atoms with Gasteiger partial charge in [-0.2, -0.15) is 16.7 Å². The van der Waals surface area contributed by atoms with Gasteiger partial charge in [-0.15, -0.1) is 0 Å². The van der Waals surface area contributed by atoms with E-state index in [1.807, 2.05) is 0 Å². The van der Waals surface area contributed by atoms with Crippen molar-refractivity contribution in [3.63, 3.8) is 0 Å². The van der Waals surface area contributed by atoms with Gasteiger partial charge in [0.05, 0.1) is 13.2 Å². The number of nitrogens with two attached hydrogens (primary N) is 1. The van der Waals surface area contributed by atoms with E-state index in [4.69, 9.17) is 19.7 Å². The predicted octanol–water partition coefficient (Wildman–Crippen LogP) is 0.706. The number of carbonyl (C=O) groups excluding carboxylic acids is 1. The Balaban J connectivity index is 0.0000168. The molecular weight excluding hydrogens is 846 g/mol. The third-order valence-electron chi connectivity index (χ3n) is 9.71. The van der Waals surface area contributed by atoms with E-state index in [1.54, 1.807) is 0 Å². The Hall–Kier alpha value is 0.640. The number of phosphoric acid groups is 2. The largest absolute Gasteiger partial charge is 1.00 e. The molecule has 59 heavy (non-hydrogen) atoms. The maximum Gasteiger partial charge on any atom is 1.00 e. The van der Waals surface area contributed by atoms with Crippen molar-refractivity contribution in [2.45, 2.75) is 186 Å². The SMILES string of the molecule is CCCCCCCCCCCCCC(=O)OC(COP(=O)([O-])OP(=O)([O-])OCC1OC(n2ccc(N)nc2=O)C(O)C1O)CSCCCCCCCCCCCC.[Na+].[Na+]. The standard InChI is InChI=1S/C38H71N3O13P2S.2Na/c1-3-5-7-9-11-13-15-16-18-20-22-24-34(42)52-31(30-57-27-23-21-19-17-14-12-10-8-6-4-2)28-50-55(46,47)54-56(48,49)51-29-32-35(43)36(44)37(53-32)41-26-25-33(39)40-38(41)45;;/h25-26,31-32,35-37,43-44H,3-24,27-30H2,1-2H3,(H,46,47)(H,48,49)(H2,39,40,45);;/q;2*+1/p-2. The zero-order chi connectivity index (χ0) is 41.9. The first kappa shape index (κ1) is 59.6. The quantitative estimate of drug-likeness (QED) is 0.0367. The van der Waals surface area contributed by atoms with E-state index in [9.17, 15) is 38.7 Å². The van der Waals surface area contributed by atoms with Gasteiger partial charge in [-0.25, -0.2) is 9.11 Å². The molecular formula is C38H69N3Na2O13P2S. The number of aliphatic hydroxyl groups is 2. The number of unbranched alkanes of at least 4 members (excludes halogenated alkanes) is 19. The van der Waals surface area contributed by atoms with E-state index in [0.717, 1.165) is 48.8 Å². The van der Waals surface area contributed by atoms with Crippen molar-refractivity contribution in [1.82, 2.24) is 9.55 Å². The van der Waals surface area contributed by atoms with Crippen LogP contribution >= 0.6 is 27.4 Å². The second-order valence-corrected chi connectivity index (χ2v) is 18.9. The Morgan fingerprint density at radius 1 is 0.831 bits per heavy atom. The van der Waals surface area contributed by atoms with Gasteiger partial charge in [0.2, 0.25) is 0 Å². The van der Waals surface area contributed by atoms with E-state index in [-0.39, 0.29) is 77.1 Å². The van der Waals surface area contributed by atoms with Crippen molar-refractivity contribution in [2.75, 3.05) is 30.5 Å². The molecule has 332 valence electrons. The minimum Gasteiger partial charge on any atom is -0.756 e. The van der Waals surface area contributed by atoms with Crippen LogP contribution in [0.4, 0.5) is 5.82 Å². The molecule has 0 aliphatic carbocycles. The fourth-order valence-electron chi connectivity index (χ4n) is 6.43. The number of phosphoric ester groups is 2. The average Bonchev–Trinajstić information content (AvgIpc) is 3.43. The van der Waals surface area contributed by atoms with Crippen molar-refractivity contribution in [3.8, 4) is 0 Å². The molecule has 0 spiro atoms. The zero-order valence-corrected chi connectivity index (χ0v) is 42.7. The fraction of sp³-hybridized carbons (Fsp3) is 0.868. The van der Waals surface area contributed by atoms with Crippen molar-refractivity contribution >= 4 is 39.2 Å². The van der Waals surface area contributed by atoms with Crippen LogP contribution in [0.15, 0.2) is 17.1 Å². The number of aromatic nitrogens is 2. The molecule has 4 N–H and O–H groups in total. The third kappa shape index (κ3) is 27.5. The Morgan fingerprint density at radius 3 is 1.85 bits per heavy atom. The zero-order valence-electron chi connectivity index (χ0n) is 36.1. The van der Waals surface area contributed by atoms with Gasteiger partial charge in [-0.1, -0.05) is 136 Å². The summed E-state index contributed by atoms with van der Waals surface area (Å²) in [6.45, 7) is 2.78. The van der Waals surface area contributed by atoms with Gasteiger partial charge in [-0.05, 0) is 24.7 Å². The molecule has 0 radical (unpaired) electrons. The third-order valence-corrected chi connectivity index (χ3v) is 13.4. The summed E-state index contributed by atoms with van der Waals surface area (Å²) in [6, 6.07) is 1.25. The number of thioether (sulfide) groups is 1. The van der Waals surface area contributed by atoms with Gasteiger partial charge in [0.25, 0.3) is 15.6 Å². The molecule has 7 atom stereocenters. The van der Waals surface area contributed by atoms with Gasteiger partial charge >= 0.3 is 70.8 Å². The van der Waals surface area contributed by atoms with E-state index < -0.39 is 71.2 Å². The first-order chi connectivity index (χ1) is 27.3. The van der Waals surface area contributed by atoms with E-state index in [0.29, 0.717) is 6.42 Å². The van der Waals surface area contributed by atoms with E-state index in [2.05, 4.69) is 27.7 Å². The summed E-state index contributed by atoms with van der Waals surface area (Å²) in [5.41, 5.74) is 4.58. The number of aliphatic hydroxyl groups excluding tert-OH is 2. The number of carbonyl (C=O) groups is 1. The molecule has 1 aliphatic rings. The maximum absolute atomic E-state index is 12.7. The number of anilines is 1. The van der Waals surface area contributed by atoms with Crippen LogP contribution in [0.25, 0.3) is 0 Å². The van der Waals surface area contributed by atoms with Gasteiger partial charge in [0.15, 0.2) is 6.23 Å². The molecule has 0 aromatic carbocycles. The maximum atomic E-state index is 12.7. The van der Waals surface area contributed by atoms with Crippen LogP contribution in [0.3, 0.4) is 0 Å². The molecule has 1 saturated heterocycles. The molecule has 0 bridgehead atoms. The topological polar surface area (TPSA) is 245 Å². The van der Waals surface area contributed by atoms with Crippen molar-refractivity contribution in [2.24, 2.45) is 0 Å². The molecule has 1 aliphatic heterocycles. The Labute approximate surface area is 400 Å². The van der Waals surface area contributed by atoms with Crippen molar-refractivity contribution < 1.29 is 116 Å². The van der Waals surface area contributed by atoms with Gasteiger partial charge in [-0.3, -0.25) is 18.5 Å². The predicted molar refractivity (Wildman–Crippen MR) is 217 cm³/mol. The summed E-state index contributed by atoms with van der Waals surface area (Å²) < 4.78 is 50.7. The van der Waals surface area contributed by atoms with Crippen LogP contribution in [-0.2, 0) is 36.8 Å². The average molecular weight is 916 g/mol. The Morgan fingerprint density at radius 2 is 1.32 bits per heavy atom. The first-order valence-electron chi connectivity index (χ1n) is 21.0. The summed E-state index contributed by atoms with van der Waals surface area (Å²) in [4.78, 5) is 53.5. The molecule has 2 rings (SSSR count). The van der Waals surface area contributed by atoms with Gasteiger partial charge in [0.1, 0.15) is 30.2 Å². The smallest absolute Gasteiger partial charge is 0.756 e. The molecule has 7 unspecified atom stereocenters. The number of nitrogens with zero attached hydrogens (tertiary/aromatic N) is 2. The van der Waals surface area contributed by atoms with E-state index >= 15 is 0 Å². The Bertz CT molecular complexity index is 1410. The summed E-state index contributed by atoms with van der Waals surface area (Å²) in [5, 5.41) is 20.8. The number of hydrogen-bond donors (Lipinski definition) is 3. The summed E-state index contributed by atoms with van der Waals surface area (Å²) >= 11 is 1.49. The van der Waals surface area contributed by atoms with Crippen LogP contribution < -0.4 is 80.3 Å². The van der Waals surface area contributed by atoms with Gasteiger partial charge < -0.3 is 44.3 Å². The van der Waals surface area contributed by atoms with Crippen LogP contribution in [0.2, 0.25) is 0 Å². The first-order valence-corrected chi connectivity index (χ1v) is 25.1. The monoisotopic (exact) mass is 915 g/mol. The van der Waals surface area contributed by atoms with Crippen LogP contribution in [0, 0.1) is 0 Å². The fourth-order valence-corrected chi connectivity index (χ4v) is 9.46. The molecule has 0 amide bonds. The van der Waals surface area contributed by atoms with Crippen LogP contribution in [-0.4, -0.2) is 74.9 Å². The normalized spacial score (nSPS) is 20.2. The minimum absolute atomic E-state index is 0.